The molecule has 126 valence electrons. The molecule has 4 nitrogen and oxygen atoms in total. The van der Waals surface area contributed by atoms with Crippen molar-refractivity contribution in [3.63, 3.8) is 0 Å². The first kappa shape index (κ1) is 17.7. The number of carbonyl (C=O) groups excluding carboxylic acids is 2. The molecule has 0 unspecified atom stereocenters. The Labute approximate surface area is 140 Å². The third-order valence-corrected chi connectivity index (χ3v) is 3.57. The van der Waals surface area contributed by atoms with E-state index in [2.05, 4.69) is 0 Å². The van der Waals surface area contributed by atoms with Gasteiger partial charge >= 0.3 is 5.97 Å². The summed E-state index contributed by atoms with van der Waals surface area (Å²) in [5.41, 5.74) is 1.83. The van der Waals surface area contributed by atoms with E-state index in [-0.39, 0.29) is 18.7 Å². The highest BCUT2D eigenvalue weighted by atomic mass is 19.1. The third kappa shape index (κ3) is 4.91. The molecule has 0 saturated heterocycles. The highest BCUT2D eigenvalue weighted by molar-refractivity contribution is 5.96. The van der Waals surface area contributed by atoms with Crippen LogP contribution >= 0.6 is 0 Å². The monoisotopic (exact) mass is 329 g/mol. The predicted molar refractivity (Wildman–Crippen MR) is 89.0 cm³/mol. The van der Waals surface area contributed by atoms with Crippen molar-refractivity contribution >= 4 is 11.9 Å². The van der Waals surface area contributed by atoms with E-state index in [0.29, 0.717) is 6.42 Å². The molecule has 0 fully saturated rings. The van der Waals surface area contributed by atoms with Crippen LogP contribution in [0.15, 0.2) is 48.5 Å². The van der Waals surface area contributed by atoms with Gasteiger partial charge in [-0.05, 0) is 35.7 Å². The third-order valence-electron chi connectivity index (χ3n) is 3.57. The molecule has 2 rings (SSSR count). The van der Waals surface area contributed by atoms with Crippen LogP contribution in [-0.2, 0) is 22.6 Å². The molecule has 2 aromatic carbocycles. The number of esters is 1. The Balaban J connectivity index is 1.93. The molecule has 0 saturated carbocycles. The first-order valence-corrected chi connectivity index (χ1v) is 7.74. The van der Waals surface area contributed by atoms with Crippen molar-refractivity contribution in [1.82, 2.24) is 4.90 Å². The van der Waals surface area contributed by atoms with Crippen molar-refractivity contribution in [3.8, 4) is 0 Å². The molecule has 24 heavy (non-hydrogen) atoms. The van der Waals surface area contributed by atoms with E-state index in [9.17, 15) is 14.0 Å². The largest absolute Gasteiger partial charge is 0.459 e. The van der Waals surface area contributed by atoms with Gasteiger partial charge in [-0.3, -0.25) is 9.59 Å². The SMILES string of the molecule is CCc1cc(F)cc(C(=O)N(C)CC(=O)OCc2ccccc2)c1. The summed E-state index contributed by atoms with van der Waals surface area (Å²) in [6, 6.07) is 13.5. The topological polar surface area (TPSA) is 46.6 Å². The number of ether oxygens (including phenoxy) is 1. The quantitative estimate of drug-likeness (QED) is 0.765. The second kappa shape index (κ2) is 8.24. The fourth-order valence-corrected chi connectivity index (χ4v) is 2.25. The zero-order valence-electron chi connectivity index (χ0n) is 13.8. The molecule has 5 heteroatoms. The van der Waals surface area contributed by atoms with Crippen LogP contribution in [0.2, 0.25) is 0 Å². The van der Waals surface area contributed by atoms with Gasteiger partial charge in [-0.2, -0.15) is 0 Å². The highest BCUT2D eigenvalue weighted by Crippen LogP contribution is 2.12. The van der Waals surface area contributed by atoms with E-state index >= 15 is 0 Å². The van der Waals surface area contributed by atoms with E-state index in [1.165, 1.54) is 24.1 Å². The molecule has 0 aliphatic rings. The average Bonchev–Trinajstić information content (AvgIpc) is 2.59. The molecule has 0 radical (unpaired) electrons. The number of nitrogens with zero attached hydrogens (tertiary/aromatic N) is 1. The molecule has 2 aromatic rings. The smallest absolute Gasteiger partial charge is 0.325 e. The lowest BCUT2D eigenvalue weighted by atomic mass is 10.1. The van der Waals surface area contributed by atoms with Crippen LogP contribution in [0.5, 0.6) is 0 Å². The van der Waals surface area contributed by atoms with Crippen LogP contribution in [0, 0.1) is 5.82 Å². The average molecular weight is 329 g/mol. The summed E-state index contributed by atoms with van der Waals surface area (Å²) in [5.74, 6) is -1.39. The van der Waals surface area contributed by atoms with Crippen molar-refractivity contribution in [2.24, 2.45) is 0 Å². The standard InChI is InChI=1S/C19H20FNO3/c1-3-14-9-16(11-17(20)10-14)19(23)21(2)12-18(22)24-13-15-7-5-4-6-8-15/h4-11H,3,12-13H2,1-2H3. The summed E-state index contributed by atoms with van der Waals surface area (Å²) in [4.78, 5) is 25.4. The molecular formula is C19H20FNO3. The van der Waals surface area contributed by atoms with Gasteiger partial charge in [0.15, 0.2) is 0 Å². The van der Waals surface area contributed by atoms with Gasteiger partial charge in [-0.15, -0.1) is 0 Å². The minimum atomic E-state index is -0.512. The second-order valence-electron chi connectivity index (χ2n) is 5.51. The Kier molecular flexibility index (Phi) is 6.07. The maximum Gasteiger partial charge on any atom is 0.325 e. The van der Waals surface area contributed by atoms with Gasteiger partial charge in [0.2, 0.25) is 0 Å². The molecule has 1 amide bonds. The lowest BCUT2D eigenvalue weighted by Gasteiger charge is -2.17. The van der Waals surface area contributed by atoms with Crippen molar-refractivity contribution in [1.29, 1.82) is 0 Å². The first-order chi connectivity index (χ1) is 11.5. The summed E-state index contributed by atoms with van der Waals surface area (Å²) < 4.78 is 18.7. The number of rotatable bonds is 6. The number of hydrogen-bond donors (Lipinski definition) is 0. The van der Waals surface area contributed by atoms with Crippen LogP contribution in [0.25, 0.3) is 0 Å². The fraction of sp³-hybridized carbons (Fsp3) is 0.263. The summed E-state index contributed by atoms with van der Waals surface area (Å²) in [7, 11) is 1.49. The molecule has 0 aromatic heterocycles. The van der Waals surface area contributed by atoms with Crippen molar-refractivity contribution in [2.45, 2.75) is 20.0 Å². The van der Waals surface area contributed by atoms with Gasteiger partial charge in [0.25, 0.3) is 5.91 Å². The Hall–Kier alpha value is -2.69. The van der Waals surface area contributed by atoms with Crippen molar-refractivity contribution in [3.05, 3.63) is 71.0 Å². The number of carbonyl (C=O) groups is 2. The van der Waals surface area contributed by atoms with Gasteiger partial charge in [0, 0.05) is 12.6 Å². The number of benzene rings is 2. The van der Waals surface area contributed by atoms with Gasteiger partial charge < -0.3 is 9.64 Å². The lowest BCUT2D eigenvalue weighted by molar-refractivity contribution is -0.145. The maximum absolute atomic E-state index is 13.5. The van der Waals surface area contributed by atoms with Crippen LogP contribution in [-0.4, -0.2) is 30.4 Å². The number of amides is 1. The van der Waals surface area contributed by atoms with Crippen molar-refractivity contribution < 1.29 is 18.7 Å². The molecule has 0 bridgehead atoms. The Bertz CT molecular complexity index is 716. The summed E-state index contributed by atoms with van der Waals surface area (Å²) in [5, 5.41) is 0. The minimum Gasteiger partial charge on any atom is -0.459 e. The van der Waals surface area contributed by atoms with E-state index in [0.717, 1.165) is 11.1 Å². The van der Waals surface area contributed by atoms with Crippen LogP contribution in [0.4, 0.5) is 4.39 Å². The molecule has 0 aliphatic heterocycles. The fourth-order valence-electron chi connectivity index (χ4n) is 2.25. The summed E-state index contributed by atoms with van der Waals surface area (Å²) in [6.07, 6.45) is 0.626. The molecule has 0 spiro atoms. The van der Waals surface area contributed by atoms with E-state index in [4.69, 9.17) is 4.74 Å². The Morgan fingerprint density at radius 1 is 1.08 bits per heavy atom. The zero-order valence-corrected chi connectivity index (χ0v) is 13.8. The first-order valence-electron chi connectivity index (χ1n) is 7.74. The normalized spacial score (nSPS) is 10.3. The molecule has 0 heterocycles. The van der Waals surface area contributed by atoms with Gasteiger partial charge in [-0.1, -0.05) is 37.3 Å². The molecular weight excluding hydrogens is 309 g/mol. The molecule has 0 atom stereocenters. The van der Waals surface area contributed by atoms with Crippen LogP contribution < -0.4 is 0 Å². The van der Waals surface area contributed by atoms with Crippen LogP contribution in [0.1, 0.15) is 28.4 Å². The predicted octanol–water partition coefficient (Wildman–Crippen LogP) is 3.20. The van der Waals surface area contributed by atoms with Gasteiger partial charge in [0.05, 0.1) is 0 Å². The summed E-state index contributed by atoms with van der Waals surface area (Å²) in [6.45, 7) is 1.85. The second-order valence-corrected chi connectivity index (χ2v) is 5.51. The number of halogens is 1. The molecule has 0 aliphatic carbocycles. The number of hydrogen-bond acceptors (Lipinski definition) is 3. The minimum absolute atomic E-state index is 0.154. The maximum atomic E-state index is 13.5. The highest BCUT2D eigenvalue weighted by Gasteiger charge is 2.17. The Morgan fingerprint density at radius 2 is 1.79 bits per heavy atom. The van der Waals surface area contributed by atoms with Gasteiger partial charge in [0.1, 0.15) is 19.0 Å². The Morgan fingerprint density at radius 3 is 2.46 bits per heavy atom. The van der Waals surface area contributed by atoms with Gasteiger partial charge in [-0.25, -0.2) is 4.39 Å². The lowest BCUT2D eigenvalue weighted by Crippen LogP contribution is -2.33. The van der Waals surface area contributed by atoms with Crippen LogP contribution in [0.3, 0.4) is 0 Å². The van der Waals surface area contributed by atoms with Crippen molar-refractivity contribution in [2.75, 3.05) is 13.6 Å². The number of likely N-dealkylation sites (N-methyl/N-ethyl adjacent to an activating group) is 1. The zero-order chi connectivity index (χ0) is 17.5. The van der Waals surface area contributed by atoms with E-state index in [1.54, 1.807) is 6.07 Å². The summed E-state index contributed by atoms with van der Waals surface area (Å²) >= 11 is 0. The molecule has 0 N–H and O–H groups in total. The van der Waals surface area contributed by atoms with E-state index < -0.39 is 17.7 Å². The van der Waals surface area contributed by atoms with E-state index in [1.807, 2.05) is 37.3 Å². The number of aryl methyl sites for hydroxylation is 1.